The van der Waals surface area contributed by atoms with Gasteiger partial charge in [0.05, 0.1) is 12.6 Å². The molecule has 0 aliphatic rings. The first-order valence-electron chi connectivity index (χ1n) is 3.72. The van der Waals surface area contributed by atoms with Crippen LogP contribution in [0.5, 0.6) is 0 Å². The lowest BCUT2D eigenvalue weighted by molar-refractivity contribution is -0.127. The van der Waals surface area contributed by atoms with Crippen LogP contribution in [0, 0.1) is 0 Å². The van der Waals surface area contributed by atoms with Gasteiger partial charge in [-0.15, -0.1) is 0 Å². The minimum absolute atomic E-state index is 0.134. The van der Waals surface area contributed by atoms with E-state index in [1.54, 1.807) is 0 Å². The summed E-state index contributed by atoms with van der Waals surface area (Å²) >= 11 is 0. The fraction of sp³-hybridized carbons (Fsp3) is 0.714. The summed E-state index contributed by atoms with van der Waals surface area (Å²) in [5.41, 5.74) is 0. The van der Waals surface area contributed by atoms with Crippen LogP contribution in [0.2, 0.25) is 0 Å². The van der Waals surface area contributed by atoms with Crippen molar-refractivity contribution in [2.45, 2.75) is 25.2 Å². The first-order chi connectivity index (χ1) is 6.02. The maximum atomic E-state index is 10.5. The number of hydrogen-bond acceptors (Lipinski definition) is 5. The van der Waals surface area contributed by atoms with Gasteiger partial charge < -0.3 is 25.4 Å². The molecule has 0 unspecified atom stereocenters. The average Bonchev–Trinajstić information content (AvgIpc) is 2.11. The number of aliphatic hydroxyl groups is 3. The second kappa shape index (κ2) is 5.63. The van der Waals surface area contributed by atoms with Crippen LogP contribution >= 0.6 is 0 Å². The number of carbonyl (C=O) groups is 2. The lowest BCUT2D eigenvalue weighted by Gasteiger charge is -2.22. The average molecular weight is 191 g/mol. The van der Waals surface area contributed by atoms with E-state index in [0.29, 0.717) is 0 Å². The number of carbonyl (C=O) groups excluding carboxylic acids is 2. The standard InChI is InChI=1S/C7H13NO5/c1-4(11)8-5(2-9)7(13)6(12)3-10/h3,5-7,9,12-13H,2H2,1H3,(H,8,11)/t5-,6-,7-/m0/s1. The highest BCUT2D eigenvalue weighted by Gasteiger charge is 2.25. The quantitative estimate of drug-likeness (QED) is 0.357. The smallest absolute Gasteiger partial charge is 0.217 e. The molecule has 76 valence electrons. The topological polar surface area (TPSA) is 107 Å². The Labute approximate surface area is 75.2 Å². The third kappa shape index (κ3) is 3.97. The van der Waals surface area contributed by atoms with Gasteiger partial charge in [-0.2, -0.15) is 0 Å². The monoisotopic (exact) mass is 191 g/mol. The molecule has 0 heterocycles. The molecule has 6 nitrogen and oxygen atoms in total. The number of rotatable bonds is 5. The Morgan fingerprint density at radius 3 is 2.38 bits per heavy atom. The van der Waals surface area contributed by atoms with Crippen molar-refractivity contribution in [1.82, 2.24) is 5.32 Å². The van der Waals surface area contributed by atoms with Gasteiger partial charge in [0.25, 0.3) is 0 Å². The number of aldehydes is 1. The summed E-state index contributed by atoms with van der Waals surface area (Å²) in [7, 11) is 0. The second-order valence-electron chi connectivity index (χ2n) is 2.61. The van der Waals surface area contributed by atoms with Gasteiger partial charge in [-0.05, 0) is 0 Å². The van der Waals surface area contributed by atoms with Crippen LogP contribution in [0.25, 0.3) is 0 Å². The highest BCUT2D eigenvalue weighted by Crippen LogP contribution is 1.97. The molecule has 0 spiro atoms. The largest absolute Gasteiger partial charge is 0.394 e. The Balaban J connectivity index is 4.21. The van der Waals surface area contributed by atoms with Gasteiger partial charge in [-0.3, -0.25) is 4.79 Å². The van der Waals surface area contributed by atoms with Crippen LogP contribution in [-0.2, 0) is 9.59 Å². The third-order valence-corrected chi connectivity index (χ3v) is 1.49. The highest BCUT2D eigenvalue weighted by atomic mass is 16.3. The van der Waals surface area contributed by atoms with Crippen LogP contribution in [-0.4, -0.2) is 52.4 Å². The number of hydrogen-bond donors (Lipinski definition) is 4. The first-order valence-corrected chi connectivity index (χ1v) is 3.72. The zero-order valence-corrected chi connectivity index (χ0v) is 7.17. The predicted octanol–water partition coefficient (Wildman–Crippen LogP) is -2.60. The zero-order valence-electron chi connectivity index (χ0n) is 7.17. The molecule has 6 heteroatoms. The molecule has 0 saturated carbocycles. The lowest BCUT2D eigenvalue weighted by atomic mass is 10.1. The molecule has 0 aromatic heterocycles. The molecule has 4 N–H and O–H groups in total. The van der Waals surface area contributed by atoms with Gasteiger partial charge in [0.1, 0.15) is 12.2 Å². The molecule has 0 aliphatic carbocycles. The van der Waals surface area contributed by atoms with Gasteiger partial charge >= 0.3 is 0 Å². The van der Waals surface area contributed by atoms with Crippen LogP contribution < -0.4 is 5.32 Å². The number of aliphatic hydroxyl groups excluding tert-OH is 3. The second-order valence-corrected chi connectivity index (χ2v) is 2.61. The molecular weight excluding hydrogens is 178 g/mol. The minimum Gasteiger partial charge on any atom is -0.394 e. The fourth-order valence-electron chi connectivity index (χ4n) is 0.819. The van der Waals surface area contributed by atoms with Crippen molar-refractivity contribution in [3.05, 3.63) is 0 Å². The van der Waals surface area contributed by atoms with Crippen molar-refractivity contribution < 1.29 is 24.9 Å². The van der Waals surface area contributed by atoms with Crippen molar-refractivity contribution in [2.75, 3.05) is 6.61 Å². The Hall–Kier alpha value is -0.980. The molecule has 0 fully saturated rings. The molecule has 1 amide bonds. The van der Waals surface area contributed by atoms with E-state index in [0.717, 1.165) is 0 Å². The van der Waals surface area contributed by atoms with E-state index < -0.39 is 30.8 Å². The van der Waals surface area contributed by atoms with Gasteiger partial charge in [0.15, 0.2) is 6.29 Å². The van der Waals surface area contributed by atoms with Crippen LogP contribution in [0.4, 0.5) is 0 Å². The normalized spacial score (nSPS) is 17.2. The van der Waals surface area contributed by atoms with Crippen molar-refractivity contribution in [2.24, 2.45) is 0 Å². The van der Waals surface area contributed by atoms with Crippen molar-refractivity contribution in [1.29, 1.82) is 0 Å². The summed E-state index contributed by atoms with van der Waals surface area (Å²) in [6.07, 6.45) is -2.97. The highest BCUT2D eigenvalue weighted by molar-refractivity contribution is 5.73. The van der Waals surface area contributed by atoms with Gasteiger partial charge in [0.2, 0.25) is 5.91 Å². The van der Waals surface area contributed by atoms with E-state index in [-0.39, 0.29) is 6.29 Å². The maximum Gasteiger partial charge on any atom is 0.217 e. The van der Waals surface area contributed by atoms with E-state index >= 15 is 0 Å². The Bertz CT molecular complexity index is 184. The molecule has 0 aliphatic heterocycles. The molecule has 0 aromatic carbocycles. The minimum atomic E-state index is -1.61. The van der Waals surface area contributed by atoms with E-state index in [4.69, 9.17) is 10.2 Å². The summed E-state index contributed by atoms with van der Waals surface area (Å²) in [5.74, 6) is -0.462. The molecule has 0 saturated heterocycles. The SMILES string of the molecule is CC(=O)N[C@@H](CO)[C@H](O)[C@@H](O)C=O. The molecule has 13 heavy (non-hydrogen) atoms. The molecule has 0 radical (unpaired) electrons. The maximum absolute atomic E-state index is 10.5. The van der Waals surface area contributed by atoms with Crippen LogP contribution in [0.3, 0.4) is 0 Å². The van der Waals surface area contributed by atoms with Gasteiger partial charge in [-0.1, -0.05) is 0 Å². The van der Waals surface area contributed by atoms with Gasteiger partial charge in [-0.25, -0.2) is 0 Å². The molecule has 0 bridgehead atoms. The van der Waals surface area contributed by atoms with Crippen molar-refractivity contribution >= 4 is 12.2 Å². The molecule has 0 rings (SSSR count). The number of amides is 1. The van der Waals surface area contributed by atoms with Gasteiger partial charge in [0, 0.05) is 6.92 Å². The lowest BCUT2D eigenvalue weighted by Crippen LogP contribution is -2.50. The first kappa shape index (κ1) is 12.0. The summed E-state index contributed by atoms with van der Waals surface area (Å²) in [6.45, 7) is 0.647. The molecule has 3 atom stereocenters. The third-order valence-electron chi connectivity index (χ3n) is 1.49. The van der Waals surface area contributed by atoms with E-state index in [9.17, 15) is 14.7 Å². The predicted molar refractivity (Wildman–Crippen MR) is 42.8 cm³/mol. The molecule has 0 aromatic rings. The summed E-state index contributed by atoms with van der Waals surface area (Å²) < 4.78 is 0. The zero-order chi connectivity index (χ0) is 10.4. The summed E-state index contributed by atoms with van der Waals surface area (Å²) in [5, 5.41) is 28.9. The van der Waals surface area contributed by atoms with E-state index in [1.165, 1.54) is 6.92 Å². The fourth-order valence-corrected chi connectivity index (χ4v) is 0.819. The van der Waals surface area contributed by atoms with Crippen molar-refractivity contribution in [3.8, 4) is 0 Å². The van der Waals surface area contributed by atoms with E-state index in [2.05, 4.69) is 5.32 Å². The molecular formula is C7H13NO5. The summed E-state index contributed by atoms with van der Waals surface area (Å²) in [6, 6.07) is -1.03. The van der Waals surface area contributed by atoms with Crippen LogP contribution in [0.15, 0.2) is 0 Å². The van der Waals surface area contributed by atoms with Crippen molar-refractivity contribution in [3.63, 3.8) is 0 Å². The Morgan fingerprint density at radius 2 is 2.08 bits per heavy atom. The number of nitrogens with one attached hydrogen (secondary N) is 1. The Kier molecular flexibility index (Phi) is 5.20. The van der Waals surface area contributed by atoms with E-state index in [1.807, 2.05) is 0 Å². The summed E-state index contributed by atoms with van der Waals surface area (Å²) in [4.78, 5) is 20.6. The Morgan fingerprint density at radius 1 is 1.54 bits per heavy atom. The van der Waals surface area contributed by atoms with Crippen LogP contribution in [0.1, 0.15) is 6.92 Å².